The Hall–Kier alpha value is -3.28. The van der Waals surface area contributed by atoms with Crippen molar-refractivity contribution >= 4 is 12.1 Å². The van der Waals surface area contributed by atoms with Gasteiger partial charge in [0.05, 0.1) is 6.54 Å². The van der Waals surface area contributed by atoms with Crippen molar-refractivity contribution in [2.24, 2.45) is 10.9 Å². The molecular formula is C36H48N2O3. The SMILES string of the molecule is CCOC(CN(CCc1ccccc1)C(=O)C(Cc1ccccc1)/N=C/C(C)Cc1ccc(C(C)C)cc1)OCC. The molecular weight excluding hydrogens is 508 g/mol. The molecule has 5 nitrogen and oxygen atoms in total. The van der Waals surface area contributed by atoms with E-state index in [1.54, 1.807) is 0 Å². The fourth-order valence-electron chi connectivity index (χ4n) is 4.87. The molecule has 0 saturated carbocycles. The van der Waals surface area contributed by atoms with Gasteiger partial charge in [0.2, 0.25) is 5.91 Å². The lowest BCUT2D eigenvalue weighted by molar-refractivity contribution is -0.159. The van der Waals surface area contributed by atoms with Crippen LogP contribution in [0.25, 0.3) is 0 Å². The van der Waals surface area contributed by atoms with Crippen LogP contribution in [0.1, 0.15) is 62.8 Å². The van der Waals surface area contributed by atoms with E-state index in [0.29, 0.717) is 38.6 Å². The fourth-order valence-corrected chi connectivity index (χ4v) is 4.87. The highest BCUT2D eigenvalue weighted by molar-refractivity contribution is 5.84. The van der Waals surface area contributed by atoms with Gasteiger partial charge in [0, 0.05) is 32.4 Å². The molecule has 0 heterocycles. The maximum Gasteiger partial charge on any atom is 0.247 e. The van der Waals surface area contributed by atoms with Gasteiger partial charge in [-0.1, -0.05) is 106 Å². The molecule has 3 rings (SSSR count). The number of nitrogens with zero attached hydrogens (tertiary/aromatic N) is 2. The topological polar surface area (TPSA) is 51.1 Å². The van der Waals surface area contributed by atoms with Gasteiger partial charge in [-0.2, -0.15) is 0 Å². The normalized spacial score (nSPS) is 13.1. The second kappa shape index (κ2) is 17.5. The van der Waals surface area contributed by atoms with Gasteiger partial charge in [-0.05, 0) is 60.8 Å². The first-order chi connectivity index (χ1) is 19.9. The number of hydrogen-bond donors (Lipinski definition) is 0. The van der Waals surface area contributed by atoms with Gasteiger partial charge >= 0.3 is 0 Å². The Balaban J connectivity index is 1.81. The molecule has 0 saturated heterocycles. The van der Waals surface area contributed by atoms with Gasteiger partial charge in [0.1, 0.15) is 6.04 Å². The van der Waals surface area contributed by atoms with E-state index in [4.69, 9.17) is 14.5 Å². The number of aliphatic imine (C=N–C) groups is 1. The van der Waals surface area contributed by atoms with Crippen LogP contribution in [0, 0.1) is 5.92 Å². The van der Waals surface area contributed by atoms with E-state index < -0.39 is 12.3 Å². The van der Waals surface area contributed by atoms with Gasteiger partial charge in [-0.3, -0.25) is 9.79 Å². The van der Waals surface area contributed by atoms with Crippen LogP contribution in [-0.4, -0.2) is 55.7 Å². The van der Waals surface area contributed by atoms with E-state index in [0.717, 1.165) is 18.4 Å². The number of hydrogen-bond acceptors (Lipinski definition) is 4. The van der Waals surface area contributed by atoms with E-state index in [-0.39, 0.29) is 11.8 Å². The van der Waals surface area contributed by atoms with Gasteiger partial charge < -0.3 is 14.4 Å². The Kier molecular flexibility index (Phi) is 13.8. The third-order valence-corrected chi connectivity index (χ3v) is 7.18. The molecule has 0 bridgehead atoms. The second-order valence-electron chi connectivity index (χ2n) is 10.9. The zero-order chi connectivity index (χ0) is 29.5. The van der Waals surface area contributed by atoms with E-state index in [2.05, 4.69) is 69.3 Å². The molecule has 0 aliphatic heterocycles. The first kappa shape index (κ1) is 32.2. The van der Waals surface area contributed by atoms with Crippen molar-refractivity contribution in [3.8, 4) is 0 Å². The fraction of sp³-hybridized carbons (Fsp3) is 0.444. The van der Waals surface area contributed by atoms with Crippen LogP contribution < -0.4 is 0 Å². The van der Waals surface area contributed by atoms with Crippen molar-refractivity contribution in [2.45, 2.75) is 72.1 Å². The number of amides is 1. The molecule has 3 aromatic rings. The maximum absolute atomic E-state index is 14.2. The lowest BCUT2D eigenvalue weighted by atomic mass is 9.97. The van der Waals surface area contributed by atoms with Crippen LogP contribution >= 0.6 is 0 Å². The summed E-state index contributed by atoms with van der Waals surface area (Å²) in [5.74, 6) is 0.713. The standard InChI is InChI=1S/C36H48N2O3/c1-6-40-35(41-7-2)27-38(23-22-30-14-10-8-11-15-30)36(39)34(25-31-16-12-9-13-17-31)37-26-29(5)24-32-18-20-33(21-19-32)28(3)4/h8-21,26,28-29,34-35H,6-7,22-25,27H2,1-5H3/b37-26+. The lowest BCUT2D eigenvalue weighted by Crippen LogP contribution is -2.45. The highest BCUT2D eigenvalue weighted by atomic mass is 16.7. The summed E-state index contributed by atoms with van der Waals surface area (Å²) in [6.45, 7) is 12.5. The zero-order valence-corrected chi connectivity index (χ0v) is 25.5. The van der Waals surface area contributed by atoms with Crippen molar-refractivity contribution in [2.75, 3.05) is 26.3 Å². The zero-order valence-electron chi connectivity index (χ0n) is 25.5. The molecule has 2 atom stereocenters. The van der Waals surface area contributed by atoms with Gasteiger partial charge in [-0.25, -0.2) is 0 Å². The summed E-state index contributed by atoms with van der Waals surface area (Å²) >= 11 is 0. The molecule has 5 heteroatoms. The molecule has 0 spiro atoms. The van der Waals surface area contributed by atoms with Crippen LogP contribution in [0.3, 0.4) is 0 Å². The summed E-state index contributed by atoms with van der Waals surface area (Å²) in [5, 5.41) is 0. The summed E-state index contributed by atoms with van der Waals surface area (Å²) in [5.41, 5.74) is 4.90. The van der Waals surface area contributed by atoms with Gasteiger partial charge in [0.15, 0.2) is 6.29 Å². The average molecular weight is 557 g/mol. The van der Waals surface area contributed by atoms with Crippen LogP contribution in [0.2, 0.25) is 0 Å². The molecule has 0 fully saturated rings. The Labute approximate surface area is 247 Å². The van der Waals surface area contributed by atoms with Crippen LogP contribution in [-0.2, 0) is 33.5 Å². The molecule has 0 radical (unpaired) electrons. The van der Waals surface area contributed by atoms with Crippen molar-refractivity contribution in [1.82, 2.24) is 4.90 Å². The Morgan fingerprint density at radius 2 is 1.34 bits per heavy atom. The average Bonchev–Trinajstić information content (AvgIpc) is 2.98. The first-order valence-electron chi connectivity index (χ1n) is 15.1. The first-order valence-corrected chi connectivity index (χ1v) is 15.1. The molecule has 1 amide bonds. The Bertz CT molecular complexity index is 1160. The van der Waals surface area contributed by atoms with E-state index >= 15 is 0 Å². The minimum absolute atomic E-state index is 0.000994. The molecule has 220 valence electrons. The highest BCUT2D eigenvalue weighted by Crippen LogP contribution is 2.17. The molecule has 41 heavy (non-hydrogen) atoms. The van der Waals surface area contributed by atoms with Gasteiger partial charge in [0.25, 0.3) is 0 Å². The third kappa shape index (κ3) is 11.3. The van der Waals surface area contributed by atoms with Gasteiger partial charge in [-0.15, -0.1) is 0 Å². The number of rotatable bonds is 17. The number of benzene rings is 3. The Morgan fingerprint density at radius 3 is 1.90 bits per heavy atom. The number of carbonyl (C=O) groups excluding carboxylic acids is 1. The monoisotopic (exact) mass is 556 g/mol. The van der Waals surface area contributed by atoms with Crippen molar-refractivity contribution in [3.05, 3.63) is 107 Å². The molecule has 3 aromatic carbocycles. The highest BCUT2D eigenvalue weighted by Gasteiger charge is 2.27. The summed E-state index contributed by atoms with van der Waals surface area (Å²) in [4.78, 5) is 21.0. The summed E-state index contributed by atoms with van der Waals surface area (Å²) in [6, 6.07) is 28.7. The summed E-state index contributed by atoms with van der Waals surface area (Å²) < 4.78 is 11.7. The summed E-state index contributed by atoms with van der Waals surface area (Å²) in [6.07, 6.45) is 3.67. The number of ether oxygens (including phenoxy) is 2. The molecule has 2 unspecified atom stereocenters. The minimum atomic E-state index is -0.525. The lowest BCUT2D eigenvalue weighted by Gasteiger charge is -2.30. The predicted octanol–water partition coefficient (Wildman–Crippen LogP) is 7.14. The number of carbonyl (C=O) groups is 1. The van der Waals surface area contributed by atoms with Crippen LogP contribution in [0.5, 0.6) is 0 Å². The minimum Gasteiger partial charge on any atom is -0.351 e. The third-order valence-electron chi connectivity index (χ3n) is 7.18. The molecule has 0 N–H and O–H groups in total. The Morgan fingerprint density at radius 1 is 0.780 bits per heavy atom. The smallest absolute Gasteiger partial charge is 0.247 e. The van der Waals surface area contributed by atoms with Crippen molar-refractivity contribution in [3.63, 3.8) is 0 Å². The van der Waals surface area contributed by atoms with Crippen LogP contribution in [0.4, 0.5) is 0 Å². The van der Waals surface area contributed by atoms with E-state index in [1.807, 2.05) is 61.4 Å². The van der Waals surface area contributed by atoms with Crippen molar-refractivity contribution < 1.29 is 14.3 Å². The molecule has 0 aliphatic carbocycles. The predicted molar refractivity (Wildman–Crippen MR) is 170 cm³/mol. The van der Waals surface area contributed by atoms with E-state index in [9.17, 15) is 4.79 Å². The quantitative estimate of drug-likeness (QED) is 0.131. The van der Waals surface area contributed by atoms with E-state index in [1.165, 1.54) is 16.7 Å². The summed E-state index contributed by atoms with van der Waals surface area (Å²) in [7, 11) is 0. The maximum atomic E-state index is 14.2. The van der Waals surface area contributed by atoms with Crippen molar-refractivity contribution in [1.29, 1.82) is 0 Å². The largest absolute Gasteiger partial charge is 0.351 e. The van der Waals surface area contributed by atoms with Crippen LogP contribution in [0.15, 0.2) is 89.9 Å². The second-order valence-corrected chi connectivity index (χ2v) is 10.9. The molecule has 0 aromatic heterocycles. The molecule has 0 aliphatic rings.